The van der Waals surface area contributed by atoms with Crippen molar-refractivity contribution in [2.45, 2.75) is 6.61 Å². The minimum atomic E-state index is -0.432. The Morgan fingerprint density at radius 2 is 1.70 bits per heavy atom. The van der Waals surface area contributed by atoms with E-state index in [0.717, 1.165) is 20.3 Å². The van der Waals surface area contributed by atoms with E-state index < -0.39 is 4.92 Å². The average molecular weight is 602 g/mol. The van der Waals surface area contributed by atoms with Crippen molar-refractivity contribution in [1.29, 1.82) is 0 Å². The first-order chi connectivity index (χ1) is 18.0. The van der Waals surface area contributed by atoms with Crippen molar-refractivity contribution in [2.24, 2.45) is 5.10 Å². The molecule has 8 nitrogen and oxygen atoms in total. The third kappa shape index (κ3) is 5.41. The number of para-hydroxylation sites is 1. The second-order valence-corrected chi connectivity index (χ2v) is 9.24. The first-order valence-electron chi connectivity index (χ1n) is 11.3. The van der Waals surface area contributed by atoms with Crippen LogP contribution >= 0.6 is 22.6 Å². The SMILES string of the molecule is O=c1c2ccccc2nc(-c2ccccc2)n1N=Cc1ccc(OCc2ccc([N+](=O)[O-])cc2)c(I)c1. The number of nitro groups is 1. The molecule has 0 saturated carbocycles. The number of rotatable bonds is 7. The van der Waals surface area contributed by atoms with E-state index in [-0.39, 0.29) is 17.9 Å². The van der Waals surface area contributed by atoms with Crippen LogP contribution in [0.4, 0.5) is 5.69 Å². The van der Waals surface area contributed by atoms with Crippen LogP contribution in [0.3, 0.4) is 0 Å². The number of aromatic nitrogens is 2. The second-order valence-electron chi connectivity index (χ2n) is 8.08. The van der Waals surface area contributed by atoms with Gasteiger partial charge in [-0.2, -0.15) is 9.78 Å². The highest BCUT2D eigenvalue weighted by atomic mass is 127. The summed E-state index contributed by atoms with van der Waals surface area (Å²) in [7, 11) is 0. The lowest BCUT2D eigenvalue weighted by Gasteiger charge is -2.10. The van der Waals surface area contributed by atoms with Gasteiger partial charge in [0.2, 0.25) is 0 Å². The Kier molecular flexibility index (Phi) is 7.04. The zero-order valence-corrected chi connectivity index (χ0v) is 21.5. The molecule has 37 heavy (non-hydrogen) atoms. The molecule has 1 aromatic heterocycles. The third-order valence-corrected chi connectivity index (χ3v) is 6.45. The van der Waals surface area contributed by atoms with Gasteiger partial charge < -0.3 is 4.74 Å². The molecule has 0 saturated heterocycles. The van der Waals surface area contributed by atoms with Crippen molar-refractivity contribution in [3.8, 4) is 17.1 Å². The van der Waals surface area contributed by atoms with E-state index in [1.807, 2.05) is 60.7 Å². The normalized spacial score (nSPS) is 11.2. The molecule has 0 fully saturated rings. The molecule has 0 radical (unpaired) electrons. The largest absolute Gasteiger partial charge is 0.488 e. The maximum Gasteiger partial charge on any atom is 0.282 e. The number of halogens is 1. The maximum atomic E-state index is 13.3. The van der Waals surface area contributed by atoms with E-state index in [9.17, 15) is 14.9 Å². The lowest BCUT2D eigenvalue weighted by Crippen LogP contribution is -2.20. The van der Waals surface area contributed by atoms with Crippen molar-refractivity contribution in [3.63, 3.8) is 0 Å². The Hall–Kier alpha value is -4.38. The fourth-order valence-electron chi connectivity index (χ4n) is 3.72. The van der Waals surface area contributed by atoms with Crippen LogP contribution in [0.5, 0.6) is 5.75 Å². The van der Waals surface area contributed by atoms with Crippen molar-refractivity contribution in [2.75, 3.05) is 0 Å². The first-order valence-corrected chi connectivity index (χ1v) is 12.3. The minimum Gasteiger partial charge on any atom is -0.488 e. The molecule has 0 unspecified atom stereocenters. The van der Waals surface area contributed by atoms with Gasteiger partial charge in [-0.1, -0.05) is 42.5 Å². The van der Waals surface area contributed by atoms with Crippen molar-refractivity contribution in [3.05, 3.63) is 132 Å². The van der Waals surface area contributed by atoms with Gasteiger partial charge in [0.25, 0.3) is 11.2 Å². The van der Waals surface area contributed by atoms with E-state index in [2.05, 4.69) is 27.7 Å². The van der Waals surface area contributed by atoms with Gasteiger partial charge >= 0.3 is 0 Å². The molecule has 4 aromatic carbocycles. The van der Waals surface area contributed by atoms with Gasteiger partial charge in [0, 0.05) is 17.7 Å². The first kappa shape index (κ1) is 24.3. The highest BCUT2D eigenvalue weighted by molar-refractivity contribution is 14.1. The fraction of sp³-hybridized carbons (Fsp3) is 0.0357. The molecule has 0 spiro atoms. The van der Waals surface area contributed by atoms with Crippen LogP contribution in [0.25, 0.3) is 22.3 Å². The van der Waals surface area contributed by atoms with Crippen molar-refractivity contribution in [1.82, 2.24) is 9.66 Å². The molecule has 0 atom stereocenters. The number of nitrogens with zero attached hydrogens (tertiary/aromatic N) is 4. The molecule has 0 bridgehead atoms. The summed E-state index contributed by atoms with van der Waals surface area (Å²) in [5, 5.41) is 15.8. The molecular formula is C28H19IN4O4. The molecule has 0 N–H and O–H groups in total. The van der Waals surface area contributed by atoms with Crippen molar-refractivity contribution < 1.29 is 9.66 Å². The highest BCUT2D eigenvalue weighted by Gasteiger charge is 2.12. The van der Waals surface area contributed by atoms with Gasteiger partial charge in [0.05, 0.1) is 25.6 Å². The number of non-ortho nitro benzene ring substituents is 1. The summed E-state index contributed by atoms with van der Waals surface area (Å²) in [5.74, 6) is 1.13. The maximum absolute atomic E-state index is 13.3. The fourth-order valence-corrected chi connectivity index (χ4v) is 4.41. The van der Waals surface area contributed by atoms with Crippen LogP contribution in [-0.2, 0) is 6.61 Å². The summed E-state index contributed by atoms with van der Waals surface area (Å²) in [6, 6.07) is 28.5. The van der Waals surface area contributed by atoms with Gasteiger partial charge in [0.1, 0.15) is 12.4 Å². The van der Waals surface area contributed by atoms with E-state index in [1.54, 1.807) is 30.5 Å². The van der Waals surface area contributed by atoms with Crippen LogP contribution in [0.1, 0.15) is 11.1 Å². The number of fused-ring (bicyclic) bond motifs is 1. The van der Waals surface area contributed by atoms with Crippen LogP contribution in [0, 0.1) is 13.7 Å². The summed E-state index contributed by atoms with van der Waals surface area (Å²) in [4.78, 5) is 28.4. The summed E-state index contributed by atoms with van der Waals surface area (Å²) in [6.07, 6.45) is 1.62. The van der Waals surface area contributed by atoms with Crippen LogP contribution < -0.4 is 10.3 Å². The number of ether oxygens (including phenoxy) is 1. The average Bonchev–Trinajstić information content (AvgIpc) is 2.92. The molecule has 0 aliphatic carbocycles. The van der Waals surface area contributed by atoms with Gasteiger partial charge in [-0.25, -0.2) is 4.98 Å². The van der Waals surface area contributed by atoms with E-state index in [4.69, 9.17) is 9.72 Å². The van der Waals surface area contributed by atoms with Crippen LogP contribution in [0.15, 0.2) is 107 Å². The van der Waals surface area contributed by atoms with E-state index in [1.165, 1.54) is 16.8 Å². The molecular weight excluding hydrogens is 583 g/mol. The summed E-state index contributed by atoms with van der Waals surface area (Å²) in [6.45, 7) is 0.278. The standard InChI is InChI=1S/C28H19IN4O4/c29-24-16-20(12-15-26(24)37-18-19-10-13-22(14-11-19)33(35)36)17-30-32-27(21-6-2-1-3-7-21)31-25-9-5-4-8-23(25)28(32)34/h1-17H,18H2. The molecule has 5 aromatic rings. The topological polar surface area (TPSA) is 99.6 Å². The summed E-state index contributed by atoms with van der Waals surface area (Å²) >= 11 is 2.17. The van der Waals surface area contributed by atoms with Gasteiger partial charge in [-0.3, -0.25) is 14.9 Å². The zero-order valence-electron chi connectivity index (χ0n) is 19.3. The molecule has 9 heteroatoms. The predicted molar refractivity (Wildman–Crippen MR) is 151 cm³/mol. The Bertz CT molecular complexity index is 1680. The molecule has 1 heterocycles. The van der Waals surface area contributed by atoms with Crippen LogP contribution in [-0.4, -0.2) is 20.8 Å². The lowest BCUT2D eigenvalue weighted by atomic mass is 10.2. The smallest absolute Gasteiger partial charge is 0.282 e. The lowest BCUT2D eigenvalue weighted by molar-refractivity contribution is -0.384. The molecule has 0 amide bonds. The number of nitro benzene ring substituents is 1. The molecule has 5 rings (SSSR count). The zero-order chi connectivity index (χ0) is 25.8. The number of benzene rings is 4. The van der Waals surface area contributed by atoms with Gasteiger partial charge in [-0.05, 0) is 76.2 Å². The monoisotopic (exact) mass is 602 g/mol. The number of hydrogen-bond donors (Lipinski definition) is 0. The Morgan fingerprint density at radius 3 is 2.43 bits per heavy atom. The van der Waals surface area contributed by atoms with Crippen molar-refractivity contribution >= 4 is 45.4 Å². The Balaban J connectivity index is 1.41. The van der Waals surface area contributed by atoms with E-state index in [0.29, 0.717) is 22.5 Å². The predicted octanol–water partition coefficient (Wildman–Crippen LogP) is 6.04. The Labute approximate surface area is 225 Å². The quantitative estimate of drug-likeness (QED) is 0.0980. The summed E-state index contributed by atoms with van der Waals surface area (Å²) in [5.41, 5.74) is 2.79. The highest BCUT2D eigenvalue weighted by Crippen LogP contribution is 2.24. The van der Waals surface area contributed by atoms with E-state index >= 15 is 0 Å². The summed E-state index contributed by atoms with van der Waals surface area (Å²) < 4.78 is 8.08. The second kappa shape index (κ2) is 10.7. The Morgan fingerprint density at radius 1 is 0.973 bits per heavy atom. The minimum absolute atomic E-state index is 0.0399. The number of hydrogen-bond acceptors (Lipinski definition) is 6. The van der Waals surface area contributed by atoms with Gasteiger partial charge in [-0.15, -0.1) is 0 Å². The molecule has 0 aliphatic rings. The van der Waals surface area contributed by atoms with Gasteiger partial charge in [0.15, 0.2) is 5.82 Å². The third-order valence-electron chi connectivity index (χ3n) is 5.61. The molecule has 182 valence electrons. The van der Waals surface area contributed by atoms with Crippen LogP contribution in [0.2, 0.25) is 0 Å². The molecule has 0 aliphatic heterocycles.